The zero-order valence-corrected chi connectivity index (χ0v) is 20.8. The molecule has 0 N–H and O–H groups in total. The van der Waals surface area contributed by atoms with Crippen LogP contribution in [-0.2, 0) is 15.1 Å². The molecular formula is C28H41NO2S. The Hall–Kier alpha value is -0.680. The summed E-state index contributed by atoms with van der Waals surface area (Å²) in [6, 6.07) is 5.37. The summed E-state index contributed by atoms with van der Waals surface area (Å²) in [4.78, 5) is 4.08. The standard InChI is InChI=1S/C28H41NO2S/c1-29-15-5-8-20-17-21(11-12-24(20)29)28(26-10-6-16-32-26)14-13-23-25(30-2)18-19-7-3-4-9-22(19)27(23)31-28/h6,10,13-14,16,19-25,27H,3-5,7-9,11-12,15,17-18H2,1-2H3. The number of rotatable bonds is 3. The van der Waals surface area contributed by atoms with E-state index in [0.29, 0.717) is 30.0 Å². The molecule has 9 atom stereocenters. The van der Waals surface area contributed by atoms with E-state index in [2.05, 4.69) is 41.6 Å². The van der Waals surface area contributed by atoms with Crippen molar-refractivity contribution < 1.29 is 9.47 Å². The summed E-state index contributed by atoms with van der Waals surface area (Å²) in [6.07, 6.45) is 19.1. The lowest BCUT2D eigenvalue weighted by Gasteiger charge is -2.56. The molecule has 4 fully saturated rings. The van der Waals surface area contributed by atoms with E-state index in [1.807, 2.05) is 18.4 Å². The molecule has 3 aliphatic carbocycles. The maximum Gasteiger partial charge on any atom is 0.124 e. The molecule has 0 aromatic carbocycles. The smallest absolute Gasteiger partial charge is 0.124 e. The second-order valence-corrected chi connectivity index (χ2v) is 12.4. The monoisotopic (exact) mass is 455 g/mol. The van der Waals surface area contributed by atoms with Crippen LogP contribution in [0.2, 0.25) is 0 Å². The number of piperidine rings is 1. The van der Waals surface area contributed by atoms with Crippen LogP contribution in [0.4, 0.5) is 0 Å². The fourth-order valence-electron chi connectivity index (χ4n) is 8.46. The zero-order chi connectivity index (χ0) is 21.7. The van der Waals surface area contributed by atoms with E-state index in [1.54, 1.807) is 0 Å². The molecule has 176 valence electrons. The van der Waals surface area contributed by atoms with Gasteiger partial charge in [-0.2, -0.15) is 0 Å². The van der Waals surface area contributed by atoms with E-state index in [9.17, 15) is 0 Å². The third-order valence-electron chi connectivity index (χ3n) is 10.0. The first kappa shape index (κ1) is 21.8. The van der Waals surface area contributed by atoms with Gasteiger partial charge in [0.1, 0.15) is 5.60 Å². The van der Waals surface area contributed by atoms with Crippen molar-refractivity contribution in [2.75, 3.05) is 20.7 Å². The molecule has 9 unspecified atom stereocenters. The predicted molar refractivity (Wildman–Crippen MR) is 131 cm³/mol. The number of methoxy groups -OCH3 is 1. The maximum absolute atomic E-state index is 7.50. The second kappa shape index (κ2) is 8.83. The van der Waals surface area contributed by atoms with Crippen LogP contribution >= 0.6 is 11.3 Å². The Labute approximate surface area is 198 Å². The van der Waals surface area contributed by atoms with Gasteiger partial charge in [0.2, 0.25) is 0 Å². The Morgan fingerprint density at radius 2 is 1.94 bits per heavy atom. The van der Waals surface area contributed by atoms with Gasteiger partial charge in [0.05, 0.1) is 12.2 Å². The molecule has 0 radical (unpaired) electrons. The molecule has 32 heavy (non-hydrogen) atoms. The van der Waals surface area contributed by atoms with Crippen molar-refractivity contribution in [1.29, 1.82) is 0 Å². The van der Waals surface area contributed by atoms with Gasteiger partial charge in [0.25, 0.3) is 0 Å². The average Bonchev–Trinajstić information content (AvgIpc) is 3.39. The van der Waals surface area contributed by atoms with Gasteiger partial charge in [0.15, 0.2) is 0 Å². The summed E-state index contributed by atoms with van der Waals surface area (Å²) < 4.78 is 13.6. The number of ether oxygens (including phenoxy) is 2. The van der Waals surface area contributed by atoms with Crippen LogP contribution in [0.3, 0.4) is 0 Å². The molecule has 1 aromatic rings. The molecule has 0 amide bonds. The molecule has 0 spiro atoms. The van der Waals surface area contributed by atoms with Crippen LogP contribution in [-0.4, -0.2) is 43.9 Å². The van der Waals surface area contributed by atoms with Crippen LogP contribution in [0.1, 0.15) is 69.1 Å². The molecule has 6 rings (SSSR count). The van der Waals surface area contributed by atoms with E-state index < -0.39 is 0 Å². The third-order valence-corrected chi connectivity index (χ3v) is 11.0. The van der Waals surface area contributed by atoms with Gasteiger partial charge in [-0.1, -0.05) is 31.1 Å². The van der Waals surface area contributed by atoms with Gasteiger partial charge in [0, 0.05) is 23.9 Å². The summed E-state index contributed by atoms with van der Waals surface area (Å²) in [5.74, 6) is 3.34. The Bertz CT molecular complexity index is 808. The first-order valence-electron chi connectivity index (χ1n) is 13.3. The minimum absolute atomic E-state index is 0.228. The van der Waals surface area contributed by atoms with Crippen molar-refractivity contribution in [3.63, 3.8) is 0 Å². The third kappa shape index (κ3) is 3.56. The Morgan fingerprint density at radius 3 is 2.78 bits per heavy atom. The van der Waals surface area contributed by atoms with E-state index >= 15 is 0 Å². The Morgan fingerprint density at radius 1 is 1.06 bits per heavy atom. The SMILES string of the molecule is COC1CC2CCCCC2C2OC(c3cccs3)(C3CCC4C(CCCN4C)C3)C=CC12. The predicted octanol–water partition coefficient (Wildman–Crippen LogP) is 6.25. The topological polar surface area (TPSA) is 21.7 Å². The van der Waals surface area contributed by atoms with Gasteiger partial charge < -0.3 is 14.4 Å². The first-order valence-corrected chi connectivity index (χ1v) is 14.2. The first-order chi connectivity index (χ1) is 15.7. The highest BCUT2D eigenvalue weighted by Crippen LogP contribution is 2.55. The van der Waals surface area contributed by atoms with Crippen molar-refractivity contribution >= 4 is 11.3 Å². The van der Waals surface area contributed by atoms with Crippen LogP contribution in [0.15, 0.2) is 29.7 Å². The van der Waals surface area contributed by atoms with Gasteiger partial charge in [-0.25, -0.2) is 0 Å². The molecular weight excluding hydrogens is 414 g/mol. The Balaban J connectivity index is 1.35. The largest absolute Gasteiger partial charge is 0.381 e. The molecule has 3 heterocycles. The molecule has 4 heteroatoms. The maximum atomic E-state index is 7.50. The lowest BCUT2D eigenvalue weighted by molar-refractivity contribution is -0.202. The fraction of sp³-hybridized carbons (Fsp3) is 0.786. The van der Waals surface area contributed by atoms with Crippen molar-refractivity contribution in [1.82, 2.24) is 4.90 Å². The normalized spacial score (nSPS) is 46.8. The molecule has 5 aliphatic rings. The summed E-state index contributed by atoms with van der Waals surface area (Å²) in [5, 5.41) is 2.25. The minimum atomic E-state index is -0.228. The van der Waals surface area contributed by atoms with Crippen LogP contribution < -0.4 is 0 Å². The number of thiophene rings is 1. The quantitative estimate of drug-likeness (QED) is 0.503. The Kier molecular flexibility index (Phi) is 6.03. The molecule has 3 saturated carbocycles. The number of fused-ring (bicyclic) bond motifs is 4. The number of nitrogens with zero attached hydrogens (tertiary/aromatic N) is 1. The highest BCUT2D eigenvalue weighted by Gasteiger charge is 2.54. The number of hydrogen-bond donors (Lipinski definition) is 0. The number of hydrogen-bond acceptors (Lipinski definition) is 4. The lowest BCUT2D eigenvalue weighted by atomic mass is 9.61. The molecule has 2 aliphatic heterocycles. The molecule has 3 nitrogen and oxygen atoms in total. The fourth-order valence-corrected chi connectivity index (χ4v) is 9.38. The van der Waals surface area contributed by atoms with Gasteiger partial charge in [-0.05, 0) is 100 Å². The summed E-state index contributed by atoms with van der Waals surface area (Å²) >= 11 is 1.91. The summed E-state index contributed by atoms with van der Waals surface area (Å²) in [7, 11) is 4.27. The van der Waals surface area contributed by atoms with Crippen LogP contribution in [0.25, 0.3) is 0 Å². The van der Waals surface area contributed by atoms with Gasteiger partial charge in [-0.15, -0.1) is 11.3 Å². The highest BCUT2D eigenvalue weighted by atomic mass is 32.1. The molecule has 1 aromatic heterocycles. The van der Waals surface area contributed by atoms with Crippen molar-refractivity contribution in [2.45, 2.75) is 88.1 Å². The van der Waals surface area contributed by atoms with Crippen molar-refractivity contribution in [3.05, 3.63) is 34.5 Å². The van der Waals surface area contributed by atoms with Gasteiger partial charge >= 0.3 is 0 Å². The average molecular weight is 456 g/mol. The number of likely N-dealkylation sites (tertiary alicyclic amines) is 1. The van der Waals surface area contributed by atoms with Crippen LogP contribution in [0.5, 0.6) is 0 Å². The van der Waals surface area contributed by atoms with Crippen molar-refractivity contribution in [3.8, 4) is 0 Å². The molecule has 1 saturated heterocycles. The minimum Gasteiger partial charge on any atom is -0.381 e. The second-order valence-electron chi connectivity index (χ2n) is 11.5. The van der Waals surface area contributed by atoms with E-state index in [-0.39, 0.29) is 5.60 Å². The zero-order valence-electron chi connectivity index (χ0n) is 20.0. The van der Waals surface area contributed by atoms with E-state index in [4.69, 9.17) is 9.47 Å². The summed E-state index contributed by atoms with van der Waals surface area (Å²) in [5.41, 5.74) is -0.228. The van der Waals surface area contributed by atoms with E-state index in [0.717, 1.165) is 17.9 Å². The van der Waals surface area contributed by atoms with Crippen LogP contribution in [0, 0.1) is 29.6 Å². The van der Waals surface area contributed by atoms with Gasteiger partial charge in [-0.3, -0.25) is 0 Å². The highest BCUT2D eigenvalue weighted by molar-refractivity contribution is 7.10. The molecule has 0 bridgehead atoms. The summed E-state index contributed by atoms with van der Waals surface area (Å²) in [6.45, 7) is 1.28. The van der Waals surface area contributed by atoms with Crippen molar-refractivity contribution in [2.24, 2.45) is 29.6 Å². The lowest BCUT2D eigenvalue weighted by Crippen LogP contribution is -2.56. The van der Waals surface area contributed by atoms with E-state index in [1.165, 1.54) is 75.6 Å².